The molecular formula is C64H43NO. The Balaban J connectivity index is 0.954. The predicted molar refractivity (Wildman–Crippen MR) is 279 cm³/mol. The quantitative estimate of drug-likeness (QED) is 0.144. The fourth-order valence-electron chi connectivity index (χ4n) is 9.69. The van der Waals surface area contributed by atoms with Crippen LogP contribution in [0.3, 0.4) is 0 Å². The molecule has 0 aliphatic carbocycles. The van der Waals surface area contributed by atoms with E-state index < -0.39 is 0 Å². The topological polar surface area (TPSA) is 16.4 Å². The highest BCUT2D eigenvalue weighted by atomic mass is 16.3. The highest BCUT2D eigenvalue weighted by molar-refractivity contribution is 6.06. The van der Waals surface area contributed by atoms with E-state index in [2.05, 4.69) is 254 Å². The highest BCUT2D eigenvalue weighted by Gasteiger charge is 2.21. The van der Waals surface area contributed by atoms with Gasteiger partial charge in [-0.25, -0.2) is 0 Å². The summed E-state index contributed by atoms with van der Waals surface area (Å²) in [7, 11) is 0. The van der Waals surface area contributed by atoms with Gasteiger partial charge in [0.1, 0.15) is 11.2 Å². The van der Waals surface area contributed by atoms with Crippen molar-refractivity contribution < 1.29 is 4.42 Å². The molecule has 310 valence electrons. The molecule has 1 aromatic heterocycles. The summed E-state index contributed by atoms with van der Waals surface area (Å²) in [4.78, 5) is 2.40. The summed E-state index contributed by atoms with van der Waals surface area (Å²) in [5.41, 5.74) is 19.1. The number of hydrogen-bond donors (Lipinski definition) is 0. The second kappa shape index (κ2) is 16.8. The van der Waals surface area contributed by atoms with Gasteiger partial charge in [-0.15, -0.1) is 0 Å². The molecule has 0 radical (unpaired) electrons. The Kier molecular flexibility index (Phi) is 9.89. The average molecular weight is 842 g/mol. The molecule has 0 amide bonds. The van der Waals surface area contributed by atoms with E-state index in [1.807, 2.05) is 12.1 Å². The van der Waals surface area contributed by atoms with Gasteiger partial charge in [0.2, 0.25) is 0 Å². The zero-order valence-corrected chi connectivity index (χ0v) is 36.2. The van der Waals surface area contributed by atoms with E-state index in [1.54, 1.807) is 0 Å². The molecule has 66 heavy (non-hydrogen) atoms. The van der Waals surface area contributed by atoms with Crippen molar-refractivity contribution >= 4 is 49.8 Å². The molecule has 0 fully saturated rings. The third-order valence-electron chi connectivity index (χ3n) is 12.9. The second-order valence-corrected chi connectivity index (χ2v) is 16.8. The number of benzene rings is 11. The van der Waals surface area contributed by atoms with E-state index in [-0.39, 0.29) is 0 Å². The first-order chi connectivity index (χ1) is 32.7. The molecule has 0 aliphatic heterocycles. The van der Waals surface area contributed by atoms with E-state index in [4.69, 9.17) is 4.42 Å². The van der Waals surface area contributed by atoms with E-state index in [1.165, 1.54) is 55.3 Å². The number of anilines is 3. The molecule has 2 nitrogen and oxygen atoms in total. The summed E-state index contributed by atoms with van der Waals surface area (Å²) in [6.45, 7) is 0. The molecule has 0 aliphatic rings. The summed E-state index contributed by atoms with van der Waals surface area (Å²) in [5.74, 6) is 0. The highest BCUT2D eigenvalue weighted by Crippen LogP contribution is 2.46. The maximum atomic E-state index is 6.30. The fourth-order valence-corrected chi connectivity index (χ4v) is 9.69. The first kappa shape index (κ1) is 38.9. The predicted octanol–water partition coefficient (Wildman–Crippen LogP) is 18.2. The van der Waals surface area contributed by atoms with Gasteiger partial charge in [0.15, 0.2) is 0 Å². The number of furan rings is 1. The van der Waals surface area contributed by atoms with Crippen LogP contribution in [0.4, 0.5) is 17.1 Å². The van der Waals surface area contributed by atoms with Crippen LogP contribution in [-0.2, 0) is 0 Å². The molecule has 0 unspecified atom stereocenters. The number of para-hydroxylation sites is 2. The molecule has 12 rings (SSSR count). The Morgan fingerprint density at radius 1 is 0.242 bits per heavy atom. The van der Waals surface area contributed by atoms with Crippen molar-refractivity contribution in [1.29, 1.82) is 0 Å². The Morgan fingerprint density at radius 3 is 1.39 bits per heavy atom. The summed E-state index contributed by atoms with van der Waals surface area (Å²) in [5, 5.41) is 4.78. The van der Waals surface area contributed by atoms with Crippen LogP contribution in [0.25, 0.3) is 99.5 Å². The maximum absolute atomic E-state index is 6.30. The minimum absolute atomic E-state index is 0.893. The number of rotatable bonds is 9. The fraction of sp³-hybridized carbons (Fsp3) is 0. The minimum atomic E-state index is 0.893. The monoisotopic (exact) mass is 841 g/mol. The molecule has 2 heteroatoms. The Morgan fingerprint density at radius 2 is 0.682 bits per heavy atom. The Bertz CT molecular complexity index is 3670. The van der Waals surface area contributed by atoms with Gasteiger partial charge in [-0.3, -0.25) is 0 Å². The van der Waals surface area contributed by atoms with Crippen LogP contribution in [0.1, 0.15) is 0 Å². The zero-order valence-electron chi connectivity index (χ0n) is 36.2. The zero-order chi connectivity index (χ0) is 43.8. The number of hydrogen-bond acceptors (Lipinski definition) is 2. The number of fused-ring (bicyclic) bond motifs is 4. The van der Waals surface area contributed by atoms with Crippen LogP contribution < -0.4 is 4.90 Å². The molecule has 0 N–H and O–H groups in total. The van der Waals surface area contributed by atoms with Gasteiger partial charge in [-0.05, 0) is 121 Å². The van der Waals surface area contributed by atoms with Crippen molar-refractivity contribution in [2.24, 2.45) is 0 Å². The lowest BCUT2D eigenvalue weighted by Gasteiger charge is -2.29. The van der Waals surface area contributed by atoms with Crippen molar-refractivity contribution in [3.63, 3.8) is 0 Å². The van der Waals surface area contributed by atoms with E-state index in [9.17, 15) is 0 Å². The molecule has 12 aromatic rings. The van der Waals surface area contributed by atoms with Crippen molar-refractivity contribution in [3.05, 3.63) is 261 Å². The Hall–Kier alpha value is -8.72. The SMILES string of the molecule is c1ccc(-c2ccccc2-c2ccccc2-c2ccccc2N(c2ccc(-c3ccc(-c4cccc5ccccc45)cc3)cc2)c2ccc(-c3ccc4c(c3)oc3ccccc34)cc2)cc1. The maximum Gasteiger partial charge on any atom is 0.136 e. The summed E-state index contributed by atoms with van der Waals surface area (Å²) < 4.78 is 6.30. The van der Waals surface area contributed by atoms with E-state index in [0.717, 1.165) is 61.3 Å². The standard InChI is InChI=1S/C64H43NO/c1-2-15-47(16-3-1)55-20-6-7-21-56(55)57-22-8-9-23-58(57)59-24-10-12-27-62(59)65(52-40-35-46(36-41-52)50-37-42-61-60-25-11-13-28-63(60)66-64(61)43-50)51-38-33-45(34-39-51)44-29-31-49(32-30-44)54-26-14-18-48-17-4-5-19-53(48)54/h1-43H. The van der Waals surface area contributed by atoms with Crippen LogP contribution in [-0.4, -0.2) is 0 Å². The first-order valence-electron chi connectivity index (χ1n) is 22.6. The average Bonchev–Trinajstić information content (AvgIpc) is 3.78. The minimum Gasteiger partial charge on any atom is -0.456 e. The van der Waals surface area contributed by atoms with Crippen LogP contribution in [0.15, 0.2) is 265 Å². The molecule has 1 heterocycles. The Labute approximate surface area is 384 Å². The molecule has 11 aromatic carbocycles. The number of nitrogens with zero attached hydrogens (tertiary/aromatic N) is 1. The smallest absolute Gasteiger partial charge is 0.136 e. The van der Waals surface area contributed by atoms with Gasteiger partial charge in [0.25, 0.3) is 0 Å². The third kappa shape index (κ3) is 7.12. The molecule has 0 saturated heterocycles. The van der Waals surface area contributed by atoms with Gasteiger partial charge in [0.05, 0.1) is 5.69 Å². The van der Waals surface area contributed by atoms with Gasteiger partial charge in [0, 0.05) is 27.7 Å². The molecular weight excluding hydrogens is 799 g/mol. The van der Waals surface area contributed by atoms with Gasteiger partial charge in [-0.1, -0.05) is 212 Å². The molecule has 0 atom stereocenters. The van der Waals surface area contributed by atoms with E-state index in [0.29, 0.717) is 0 Å². The summed E-state index contributed by atoms with van der Waals surface area (Å²) >= 11 is 0. The van der Waals surface area contributed by atoms with Crippen molar-refractivity contribution in [2.75, 3.05) is 4.90 Å². The van der Waals surface area contributed by atoms with Gasteiger partial charge >= 0.3 is 0 Å². The van der Waals surface area contributed by atoms with E-state index >= 15 is 0 Å². The van der Waals surface area contributed by atoms with Crippen molar-refractivity contribution in [2.45, 2.75) is 0 Å². The lowest BCUT2D eigenvalue weighted by Crippen LogP contribution is -2.11. The van der Waals surface area contributed by atoms with Crippen molar-refractivity contribution in [3.8, 4) is 66.8 Å². The third-order valence-corrected chi connectivity index (χ3v) is 12.9. The molecule has 0 saturated carbocycles. The summed E-state index contributed by atoms with van der Waals surface area (Å²) in [6.07, 6.45) is 0. The second-order valence-electron chi connectivity index (χ2n) is 16.8. The van der Waals surface area contributed by atoms with Crippen LogP contribution in [0.5, 0.6) is 0 Å². The van der Waals surface area contributed by atoms with Crippen LogP contribution in [0.2, 0.25) is 0 Å². The molecule has 0 spiro atoms. The lowest BCUT2D eigenvalue weighted by atomic mass is 9.88. The molecule has 0 bridgehead atoms. The van der Waals surface area contributed by atoms with Crippen LogP contribution in [0, 0.1) is 0 Å². The normalized spacial score (nSPS) is 11.3. The summed E-state index contributed by atoms with van der Waals surface area (Å²) in [6, 6.07) is 93.9. The van der Waals surface area contributed by atoms with Crippen molar-refractivity contribution in [1.82, 2.24) is 0 Å². The first-order valence-corrected chi connectivity index (χ1v) is 22.6. The largest absolute Gasteiger partial charge is 0.456 e. The van der Waals surface area contributed by atoms with Gasteiger partial charge in [-0.2, -0.15) is 0 Å². The van der Waals surface area contributed by atoms with Gasteiger partial charge < -0.3 is 9.32 Å². The lowest BCUT2D eigenvalue weighted by molar-refractivity contribution is 0.669. The van der Waals surface area contributed by atoms with Crippen LogP contribution >= 0.6 is 0 Å².